The molecule has 1 aliphatic heterocycles. The molecule has 4 aromatic rings. The van der Waals surface area contributed by atoms with Gasteiger partial charge < -0.3 is 23.5 Å². The van der Waals surface area contributed by atoms with E-state index < -0.39 is 6.04 Å². The molecule has 172 valence electrons. The van der Waals surface area contributed by atoms with Crippen molar-refractivity contribution in [2.75, 3.05) is 21.3 Å². The van der Waals surface area contributed by atoms with E-state index in [1.54, 1.807) is 59.8 Å². The first-order chi connectivity index (χ1) is 16.6. The van der Waals surface area contributed by atoms with E-state index >= 15 is 0 Å². The number of ether oxygens (including phenoxy) is 3. The average molecular weight is 458 g/mol. The van der Waals surface area contributed by atoms with Gasteiger partial charge in [0.2, 0.25) is 11.5 Å². The highest BCUT2D eigenvalue weighted by molar-refractivity contribution is 5.99. The zero-order chi connectivity index (χ0) is 23.8. The predicted octanol–water partition coefficient (Wildman–Crippen LogP) is 3.96. The molecule has 3 heterocycles. The standard InChI is InChI=1S/C26H22N2O6/c1-31-19-11-16(12-20(32-2)24(19)33-3)22-21-23(29)17-8-4-5-9-18(17)34-25(21)26(30)28(22)14-15-7-6-10-27-13-15/h4-13,22H,14H2,1-3H3/t22-/m1/s1. The van der Waals surface area contributed by atoms with Gasteiger partial charge in [0.1, 0.15) is 5.58 Å². The lowest BCUT2D eigenvalue weighted by Crippen LogP contribution is -2.29. The topological polar surface area (TPSA) is 91.1 Å². The SMILES string of the molecule is COc1cc([C@@H]2c3c(oc4ccccc4c3=O)C(=O)N2Cc2cccnc2)cc(OC)c1OC. The van der Waals surface area contributed by atoms with Gasteiger partial charge in [-0.25, -0.2) is 0 Å². The van der Waals surface area contributed by atoms with Gasteiger partial charge >= 0.3 is 0 Å². The second-order valence-electron chi connectivity index (χ2n) is 7.83. The number of carbonyl (C=O) groups is 1. The summed E-state index contributed by atoms with van der Waals surface area (Å²) in [5.41, 5.74) is 1.84. The molecule has 34 heavy (non-hydrogen) atoms. The molecule has 1 atom stereocenters. The Labute approximate surface area is 195 Å². The molecular weight excluding hydrogens is 436 g/mol. The third kappa shape index (κ3) is 3.35. The zero-order valence-electron chi connectivity index (χ0n) is 18.9. The summed E-state index contributed by atoms with van der Waals surface area (Å²) in [6.07, 6.45) is 3.35. The molecule has 8 nitrogen and oxygen atoms in total. The molecule has 1 amide bonds. The Bertz CT molecular complexity index is 1420. The monoisotopic (exact) mass is 458 g/mol. The Morgan fingerprint density at radius 1 is 0.971 bits per heavy atom. The van der Waals surface area contributed by atoms with Crippen molar-refractivity contribution in [2.45, 2.75) is 12.6 Å². The van der Waals surface area contributed by atoms with Crippen molar-refractivity contribution in [1.82, 2.24) is 9.88 Å². The second-order valence-corrected chi connectivity index (χ2v) is 7.83. The van der Waals surface area contributed by atoms with E-state index in [0.717, 1.165) is 5.56 Å². The number of hydrogen-bond donors (Lipinski definition) is 0. The van der Waals surface area contributed by atoms with E-state index in [0.29, 0.717) is 33.8 Å². The van der Waals surface area contributed by atoms with Gasteiger partial charge in [-0.2, -0.15) is 0 Å². The quantitative estimate of drug-likeness (QED) is 0.432. The Kier molecular flexibility index (Phi) is 5.41. The first-order valence-electron chi connectivity index (χ1n) is 10.6. The van der Waals surface area contributed by atoms with Crippen molar-refractivity contribution in [3.8, 4) is 17.2 Å². The Morgan fingerprint density at radius 3 is 2.35 bits per heavy atom. The molecule has 1 aliphatic rings. The van der Waals surface area contributed by atoms with Gasteiger partial charge in [-0.1, -0.05) is 18.2 Å². The van der Waals surface area contributed by atoms with Crippen LogP contribution in [0.3, 0.4) is 0 Å². The van der Waals surface area contributed by atoms with E-state index in [-0.39, 0.29) is 29.2 Å². The maximum Gasteiger partial charge on any atom is 0.291 e. The molecule has 5 rings (SSSR count). The molecular formula is C26H22N2O6. The Balaban J connectivity index is 1.77. The first-order valence-corrected chi connectivity index (χ1v) is 10.6. The molecule has 2 aromatic carbocycles. The van der Waals surface area contributed by atoms with Crippen molar-refractivity contribution >= 4 is 16.9 Å². The number of hydrogen-bond acceptors (Lipinski definition) is 7. The van der Waals surface area contributed by atoms with E-state index in [4.69, 9.17) is 18.6 Å². The number of pyridine rings is 1. The van der Waals surface area contributed by atoms with E-state index in [1.807, 2.05) is 6.07 Å². The molecule has 0 saturated heterocycles. The molecule has 0 spiro atoms. The van der Waals surface area contributed by atoms with E-state index in [1.165, 1.54) is 21.3 Å². The van der Waals surface area contributed by atoms with Crippen LogP contribution in [-0.4, -0.2) is 37.1 Å². The minimum absolute atomic E-state index is 0.0337. The van der Waals surface area contributed by atoms with Gasteiger partial charge in [-0.15, -0.1) is 0 Å². The first kappa shape index (κ1) is 21.5. The van der Waals surface area contributed by atoms with Crippen molar-refractivity contribution in [2.24, 2.45) is 0 Å². The molecule has 0 bridgehead atoms. The summed E-state index contributed by atoms with van der Waals surface area (Å²) in [6.45, 7) is 0.230. The summed E-state index contributed by atoms with van der Waals surface area (Å²) in [6, 6.07) is 13.4. The second kappa shape index (κ2) is 8.55. The van der Waals surface area contributed by atoms with Crippen molar-refractivity contribution in [3.63, 3.8) is 0 Å². The van der Waals surface area contributed by atoms with Crippen LogP contribution in [0, 0.1) is 0 Å². The highest BCUT2D eigenvalue weighted by Gasteiger charge is 2.43. The maximum atomic E-state index is 13.6. The molecule has 2 aromatic heterocycles. The van der Waals surface area contributed by atoms with Crippen LogP contribution >= 0.6 is 0 Å². The number of methoxy groups -OCH3 is 3. The lowest BCUT2D eigenvalue weighted by molar-refractivity contribution is 0.0713. The number of benzene rings is 2. The van der Waals surface area contributed by atoms with Crippen molar-refractivity contribution in [1.29, 1.82) is 0 Å². The zero-order valence-corrected chi connectivity index (χ0v) is 18.9. The smallest absolute Gasteiger partial charge is 0.291 e. The largest absolute Gasteiger partial charge is 0.493 e. The van der Waals surface area contributed by atoms with Crippen LogP contribution in [0.25, 0.3) is 11.0 Å². The third-order valence-corrected chi connectivity index (χ3v) is 5.95. The minimum atomic E-state index is -0.725. The lowest BCUT2D eigenvalue weighted by Gasteiger charge is -2.26. The number of rotatable bonds is 6. The lowest BCUT2D eigenvalue weighted by atomic mass is 9.97. The molecule has 0 N–H and O–H groups in total. The summed E-state index contributed by atoms with van der Waals surface area (Å²) in [5, 5.41) is 0.412. The molecule has 8 heteroatoms. The summed E-state index contributed by atoms with van der Waals surface area (Å²) in [5.74, 6) is 0.919. The van der Waals surface area contributed by atoms with Crippen LogP contribution in [0.15, 0.2) is 70.1 Å². The fourth-order valence-corrected chi connectivity index (χ4v) is 4.42. The number of fused-ring (bicyclic) bond motifs is 2. The molecule has 0 aliphatic carbocycles. The highest BCUT2D eigenvalue weighted by atomic mass is 16.5. The summed E-state index contributed by atoms with van der Waals surface area (Å²) >= 11 is 0. The van der Waals surface area contributed by atoms with Crippen LogP contribution in [-0.2, 0) is 6.54 Å². The van der Waals surface area contributed by atoms with Gasteiger partial charge in [0.25, 0.3) is 5.91 Å². The van der Waals surface area contributed by atoms with Crippen LogP contribution < -0.4 is 19.6 Å². The van der Waals surface area contributed by atoms with Gasteiger partial charge in [0.05, 0.1) is 38.3 Å². The van der Waals surface area contributed by atoms with Gasteiger partial charge in [0, 0.05) is 18.9 Å². The normalized spacial score (nSPS) is 14.9. The van der Waals surface area contributed by atoms with Gasteiger partial charge in [-0.3, -0.25) is 14.6 Å². The van der Waals surface area contributed by atoms with Crippen LogP contribution in [0.4, 0.5) is 0 Å². The minimum Gasteiger partial charge on any atom is -0.493 e. The predicted molar refractivity (Wildman–Crippen MR) is 125 cm³/mol. The number of carbonyl (C=O) groups excluding carboxylic acids is 1. The van der Waals surface area contributed by atoms with Gasteiger partial charge in [0.15, 0.2) is 16.9 Å². The summed E-state index contributed by atoms with van der Waals surface area (Å²) in [7, 11) is 4.55. The van der Waals surface area contributed by atoms with Crippen LogP contribution in [0.1, 0.15) is 33.3 Å². The van der Waals surface area contributed by atoms with Gasteiger partial charge in [-0.05, 0) is 41.5 Å². The van der Waals surface area contributed by atoms with Crippen molar-refractivity contribution in [3.05, 3.63) is 93.6 Å². The molecule has 0 unspecified atom stereocenters. The Hall–Kier alpha value is -4.33. The van der Waals surface area contributed by atoms with E-state index in [2.05, 4.69) is 4.98 Å². The fourth-order valence-electron chi connectivity index (χ4n) is 4.42. The molecule has 0 radical (unpaired) electrons. The van der Waals surface area contributed by atoms with Crippen molar-refractivity contribution < 1.29 is 23.4 Å². The summed E-state index contributed by atoms with van der Waals surface area (Å²) < 4.78 is 22.5. The van der Waals surface area contributed by atoms with Crippen LogP contribution in [0.5, 0.6) is 17.2 Å². The average Bonchev–Trinajstić information content (AvgIpc) is 3.15. The number of nitrogens with zero attached hydrogens (tertiary/aromatic N) is 2. The molecule has 0 fully saturated rings. The number of para-hydroxylation sites is 1. The Morgan fingerprint density at radius 2 is 1.71 bits per heavy atom. The number of aromatic nitrogens is 1. The number of amides is 1. The molecule has 0 saturated carbocycles. The third-order valence-electron chi connectivity index (χ3n) is 5.95. The highest BCUT2D eigenvalue weighted by Crippen LogP contribution is 2.45. The fraction of sp³-hybridized carbons (Fsp3) is 0.192. The summed E-state index contributed by atoms with van der Waals surface area (Å²) in [4.78, 5) is 33.0. The van der Waals surface area contributed by atoms with Crippen LogP contribution in [0.2, 0.25) is 0 Å². The van der Waals surface area contributed by atoms with E-state index in [9.17, 15) is 9.59 Å². The maximum absolute atomic E-state index is 13.6.